The van der Waals surface area contributed by atoms with Crippen LogP contribution < -0.4 is 11.1 Å². The van der Waals surface area contributed by atoms with Crippen molar-refractivity contribution < 1.29 is 0 Å². The Morgan fingerprint density at radius 2 is 2.00 bits per heavy atom. The second-order valence-corrected chi connectivity index (χ2v) is 5.37. The third-order valence-corrected chi connectivity index (χ3v) is 3.80. The van der Waals surface area contributed by atoms with Crippen molar-refractivity contribution in [2.24, 2.45) is 10.7 Å². The number of nitrogens with zero attached hydrogens (tertiary/aromatic N) is 2. The molecule has 0 spiro atoms. The highest BCUT2D eigenvalue weighted by molar-refractivity contribution is 6.26. The smallest absolute Gasteiger partial charge is 0.139 e. The average Bonchev–Trinajstić information content (AvgIpc) is 2.48. The number of rotatable bonds is 3. The lowest BCUT2D eigenvalue weighted by atomic mass is 9.95. The number of aliphatic imine (C=N–C) groups is 1. The Hall–Kier alpha value is -1.75. The van der Waals surface area contributed by atoms with Crippen molar-refractivity contribution in [1.29, 1.82) is 0 Å². The minimum Gasteiger partial charge on any atom is -0.307 e. The van der Waals surface area contributed by atoms with Crippen molar-refractivity contribution in [2.45, 2.75) is 17.6 Å². The van der Waals surface area contributed by atoms with Crippen molar-refractivity contribution in [2.75, 3.05) is 0 Å². The van der Waals surface area contributed by atoms with Gasteiger partial charge in [-0.3, -0.25) is 9.98 Å². The molecule has 0 aliphatic carbocycles. The lowest BCUT2D eigenvalue weighted by Gasteiger charge is -2.34. The molecule has 0 amide bonds. The van der Waals surface area contributed by atoms with Gasteiger partial charge in [0.1, 0.15) is 5.00 Å². The van der Waals surface area contributed by atoms with Crippen molar-refractivity contribution in [3.8, 4) is 0 Å². The lowest BCUT2D eigenvalue weighted by Crippen LogP contribution is -2.53. The van der Waals surface area contributed by atoms with Crippen LogP contribution >= 0.6 is 11.6 Å². The molecule has 4 nitrogen and oxygen atoms in total. The van der Waals surface area contributed by atoms with Gasteiger partial charge in [-0.15, -0.1) is 0 Å². The van der Waals surface area contributed by atoms with Crippen LogP contribution in [0.2, 0.25) is 0 Å². The first-order valence-electron chi connectivity index (χ1n) is 6.43. The van der Waals surface area contributed by atoms with E-state index in [4.69, 9.17) is 17.3 Å². The maximum atomic E-state index is 6.54. The molecule has 0 fully saturated rings. The fourth-order valence-corrected chi connectivity index (χ4v) is 2.55. The van der Waals surface area contributed by atoms with Crippen LogP contribution in [-0.2, 0) is 11.5 Å². The quantitative estimate of drug-likeness (QED) is 0.672. The number of nitrogens with one attached hydrogen (secondary N) is 1. The van der Waals surface area contributed by atoms with Crippen LogP contribution in [0.25, 0.3) is 0 Å². The van der Waals surface area contributed by atoms with Gasteiger partial charge in [0.05, 0.1) is 17.4 Å². The lowest BCUT2D eigenvalue weighted by molar-refractivity contribution is 0.481. The Bertz CT molecular complexity index is 625. The van der Waals surface area contributed by atoms with Gasteiger partial charge in [-0.05, 0) is 18.2 Å². The van der Waals surface area contributed by atoms with Gasteiger partial charge in [-0.25, -0.2) is 0 Å². The van der Waals surface area contributed by atoms with E-state index in [-0.39, 0.29) is 6.04 Å². The van der Waals surface area contributed by atoms with Gasteiger partial charge in [0.15, 0.2) is 0 Å². The first-order valence-corrected chi connectivity index (χ1v) is 6.80. The molecule has 20 heavy (non-hydrogen) atoms. The average molecular weight is 287 g/mol. The topological polar surface area (TPSA) is 63.3 Å². The summed E-state index contributed by atoms with van der Waals surface area (Å²) in [6, 6.07) is 13.2. The van der Waals surface area contributed by atoms with Gasteiger partial charge >= 0.3 is 0 Å². The third kappa shape index (κ3) is 2.45. The number of para-hydroxylation sites is 1. The molecular weight excluding hydrogens is 272 g/mol. The zero-order valence-electron chi connectivity index (χ0n) is 10.8. The predicted octanol–water partition coefficient (Wildman–Crippen LogP) is 2.31. The number of hydrogen-bond acceptors (Lipinski definition) is 4. The first kappa shape index (κ1) is 13.2. The summed E-state index contributed by atoms with van der Waals surface area (Å²) in [5.41, 5.74) is 8.88. The molecule has 2 unspecified atom stereocenters. The number of nitrogens with two attached hydrogens (primary N) is 1. The molecule has 2 atom stereocenters. The molecule has 1 aromatic carbocycles. The van der Waals surface area contributed by atoms with Gasteiger partial charge in [0, 0.05) is 24.5 Å². The Kier molecular flexibility index (Phi) is 3.53. The van der Waals surface area contributed by atoms with E-state index in [0.29, 0.717) is 6.54 Å². The Morgan fingerprint density at radius 3 is 2.80 bits per heavy atom. The minimum atomic E-state index is -1.01. The Balaban J connectivity index is 1.79. The molecule has 3 rings (SSSR count). The van der Waals surface area contributed by atoms with E-state index in [2.05, 4.69) is 15.3 Å². The molecule has 1 aliphatic heterocycles. The second-order valence-electron chi connectivity index (χ2n) is 4.74. The molecule has 2 heterocycles. The molecule has 1 aromatic heterocycles. The number of halogens is 1. The second kappa shape index (κ2) is 5.32. The normalized spacial score (nSPS) is 24.4. The molecule has 5 heteroatoms. The van der Waals surface area contributed by atoms with Gasteiger partial charge in [0.25, 0.3) is 0 Å². The zero-order chi connectivity index (χ0) is 14.0. The zero-order valence-corrected chi connectivity index (χ0v) is 11.6. The number of hydrogen-bond donors (Lipinski definition) is 2. The van der Waals surface area contributed by atoms with Crippen LogP contribution in [-0.4, -0.2) is 17.2 Å². The minimum absolute atomic E-state index is 0.249. The SMILES string of the molecule is NC1(Cl)c2ccccc2N=CC1NCc1ccccn1. The summed E-state index contributed by atoms with van der Waals surface area (Å²) in [6.07, 6.45) is 3.52. The van der Waals surface area contributed by atoms with Gasteiger partial charge in [-0.2, -0.15) is 0 Å². The van der Waals surface area contributed by atoms with E-state index < -0.39 is 5.00 Å². The highest BCUT2D eigenvalue weighted by Gasteiger charge is 2.37. The van der Waals surface area contributed by atoms with Crippen molar-refractivity contribution in [1.82, 2.24) is 10.3 Å². The van der Waals surface area contributed by atoms with E-state index in [1.54, 1.807) is 12.4 Å². The number of fused-ring (bicyclic) bond motifs is 1. The summed E-state index contributed by atoms with van der Waals surface area (Å²) >= 11 is 6.54. The van der Waals surface area contributed by atoms with Crippen molar-refractivity contribution in [3.63, 3.8) is 0 Å². The molecule has 2 aromatic rings. The summed E-state index contributed by atoms with van der Waals surface area (Å²) in [6.45, 7) is 0.589. The molecule has 102 valence electrons. The van der Waals surface area contributed by atoms with E-state index in [1.807, 2.05) is 42.5 Å². The summed E-state index contributed by atoms with van der Waals surface area (Å²) in [7, 11) is 0. The maximum Gasteiger partial charge on any atom is 0.139 e. The molecule has 0 bridgehead atoms. The molecule has 3 N–H and O–H groups in total. The van der Waals surface area contributed by atoms with Crippen LogP contribution in [0, 0.1) is 0 Å². The van der Waals surface area contributed by atoms with E-state index >= 15 is 0 Å². The van der Waals surface area contributed by atoms with Gasteiger partial charge < -0.3 is 11.1 Å². The number of aromatic nitrogens is 1. The largest absolute Gasteiger partial charge is 0.307 e. The molecule has 0 saturated carbocycles. The number of pyridine rings is 1. The predicted molar refractivity (Wildman–Crippen MR) is 81.2 cm³/mol. The van der Waals surface area contributed by atoms with Gasteiger partial charge in [0.2, 0.25) is 0 Å². The summed E-state index contributed by atoms with van der Waals surface area (Å²) in [4.78, 5) is 7.67. The van der Waals surface area contributed by atoms with Crippen LogP contribution in [0.3, 0.4) is 0 Å². The van der Waals surface area contributed by atoms with E-state index in [1.165, 1.54) is 0 Å². The monoisotopic (exact) mass is 286 g/mol. The van der Waals surface area contributed by atoms with Crippen LogP contribution in [0.1, 0.15) is 11.3 Å². The highest BCUT2D eigenvalue weighted by Crippen LogP contribution is 2.36. The van der Waals surface area contributed by atoms with Crippen LogP contribution in [0.4, 0.5) is 5.69 Å². The maximum absolute atomic E-state index is 6.54. The number of alkyl halides is 1. The Labute approximate surface area is 122 Å². The van der Waals surface area contributed by atoms with Crippen molar-refractivity contribution >= 4 is 23.5 Å². The van der Waals surface area contributed by atoms with Crippen LogP contribution in [0.5, 0.6) is 0 Å². The van der Waals surface area contributed by atoms with Crippen molar-refractivity contribution in [3.05, 3.63) is 59.9 Å². The fourth-order valence-electron chi connectivity index (χ4n) is 2.26. The van der Waals surface area contributed by atoms with Crippen LogP contribution in [0.15, 0.2) is 53.7 Å². The van der Waals surface area contributed by atoms with E-state index in [9.17, 15) is 0 Å². The molecule has 1 aliphatic rings. The first-order chi connectivity index (χ1) is 9.68. The third-order valence-electron chi connectivity index (χ3n) is 3.36. The molecule has 0 radical (unpaired) electrons. The summed E-state index contributed by atoms with van der Waals surface area (Å²) in [5, 5.41) is 3.30. The number of benzene rings is 1. The fraction of sp³-hybridized carbons (Fsp3) is 0.200. The van der Waals surface area contributed by atoms with E-state index in [0.717, 1.165) is 16.9 Å². The summed E-state index contributed by atoms with van der Waals surface area (Å²) in [5.74, 6) is 0. The standard InChI is InChI=1S/C15H15ClN4/c16-15(17)12-6-1-2-7-13(12)19-10-14(15)20-9-11-5-3-4-8-18-11/h1-8,10,14,20H,9,17H2. The molecular formula is C15H15ClN4. The summed E-state index contributed by atoms with van der Waals surface area (Å²) < 4.78 is 0. The Morgan fingerprint density at radius 1 is 1.20 bits per heavy atom. The highest BCUT2D eigenvalue weighted by atomic mass is 35.5. The van der Waals surface area contributed by atoms with Gasteiger partial charge in [-0.1, -0.05) is 35.9 Å². The molecule has 0 saturated heterocycles.